The van der Waals surface area contributed by atoms with E-state index in [-0.39, 0.29) is 30.0 Å². The average molecular weight is 501 g/mol. The summed E-state index contributed by atoms with van der Waals surface area (Å²) in [5.74, 6) is 2.10. The summed E-state index contributed by atoms with van der Waals surface area (Å²) in [5.41, 5.74) is 10.1. The molecule has 1 atom stereocenters. The van der Waals surface area contributed by atoms with Crippen LogP contribution in [0.25, 0.3) is 22.2 Å². The van der Waals surface area contributed by atoms with Crippen LogP contribution >= 0.6 is 24.0 Å². The molecule has 0 spiro atoms. The Morgan fingerprint density at radius 1 is 1.17 bits per heavy atom. The molecule has 7 heteroatoms. The van der Waals surface area contributed by atoms with Crippen LogP contribution in [0.2, 0.25) is 0 Å². The third-order valence-electron chi connectivity index (χ3n) is 4.76. The van der Waals surface area contributed by atoms with Gasteiger partial charge in [0.1, 0.15) is 17.6 Å². The summed E-state index contributed by atoms with van der Waals surface area (Å²) in [5, 5.41) is 1.19. The monoisotopic (exact) mass is 501 g/mol. The SMILES string of the molecule is COc1ccccc1-c1cnc(C(Cc2c[nH]c3ccccc23)N=C(C)N)[nH]1.I. The zero-order chi connectivity index (χ0) is 19.5. The molecule has 4 aromatic rings. The van der Waals surface area contributed by atoms with Gasteiger partial charge in [-0.2, -0.15) is 0 Å². The highest BCUT2D eigenvalue weighted by molar-refractivity contribution is 14.0. The predicted molar refractivity (Wildman–Crippen MR) is 128 cm³/mol. The zero-order valence-electron chi connectivity index (χ0n) is 16.3. The quantitative estimate of drug-likeness (QED) is 0.201. The Bertz CT molecular complexity index is 1130. The van der Waals surface area contributed by atoms with E-state index in [2.05, 4.69) is 32.1 Å². The second-order valence-electron chi connectivity index (χ2n) is 6.73. The van der Waals surface area contributed by atoms with Gasteiger partial charge in [-0.05, 0) is 30.7 Å². The van der Waals surface area contributed by atoms with E-state index in [4.69, 9.17) is 10.5 Å². The van der Waals surface area contributed by atoms with Crippen molar-refractivity contribution in [2.45, 2.75) is 19.4 Å². The van der Waals surface area contributed by atoms with Gasteiger partial charge in [-0.25, -0.2) is 4.98 Å². The van der Waals surface area contributed by atoms with Crippen molar-refractivity contribution in [3.63, 3.8) is 0 Å². The van der Waals surface area contributed by atoms with Crippen molar-refractivity contribution in [3.05, 3.63) is 72.3 Å². The number of nitrogens with zero attached hydrogens (tertiary/aromatic N) is 2. The van der Waals surface area contributed by atoms with Gasteiger partial charge in [-0.3, -0.25) is 4.99 Å². The number of para-hydroxylation sites is 2. The van der Waals surface area contributed by atoms with Gasteiger partial charge in [0, 0.05) is 29.1 Å². The van der Waals surface area contributed by atoms with Crippen molar-refractivity contribution in [3.8, 4) is 17.0 Å². The molecule has 6 nitrogen and oxygen atoms in total. The number of aliphatic imine (C=N–C) groups is 1. The van der Waals surface area contributed by atoms with E-state index in [0.717, 1.165) is 28.3 Å². The normalized spacial score (nSPS) is 12.6. The van der Waals surface area contributed by atoms with Crippen molar-refractivity contribution in [1.29, 1.82) is 0 Å². The Hall–Kier alpha value is -2.81. The van der Waals surface area contributed by atoms with E-state index in [1.54, 1.807) is 14.0 Å². The molecule has 2 aromatic carbocycles. The molecule has 0 saturated heterocycles. The number of H-pyrrole nitrogens is 2. The van der Waals surface area contributed by atoms with Gasteiger partial charge in [0.2, 0.25) is 0 Å². The number of methoxy groups -OCH3 is 1. The van der Waals surface area contributed by atoms with Gasteiger partial charge >= 0.3 is 0 Å². The van der Waals surface area contributed by atoms with Gasteiger partial charge in [-0.15, -0.1) is 24.0 Å². The van der Waals surface area contributed by atoms with Crippen LogP contribution in [0.1, 0.15) is 24.4 Å². The number of aromatic amines is 2. The summed E-state index contributed by atoms with van der Waals surface area (Å²) < 4.78 is 5.47. The first-order valence-corrected chi connectivity index (χ1v) is 9.19. The molecule has 4 N–H and O–H groups in total. The number of hydrogen-bond donors (Lipinski definition) is 3. The molecular formula is C22H24IN5O. The van der Waals surface area contributed by atoms with Gasteiger partial charge in [0.15, 0.2) is 0 Å². The highest BCUT2D eigenvalue weighted by Crippen LogP contribution is 2.31. The maximum Gasteiger partial charge on any atom is 0.131 e. The fraction of sp³-hybridized carbons (Fsp3) is 0.182. The Morgan fingerprint density at radius 3 is 2.72 bits per heavy atom. The number of ether oxygens (including phenoxy) is 1. The second kappa shape index (κ2) is 9.13. The molecule has 150 valence electrons. The average Bonchev–Trinajstić information content (AvgIpc) is 3.35. The van der Waals surface area contributed by atoms with E-state index in [1.807, 2.05) is 48.8 Å². The van der Waals surface area contributed by atoms with E-state index >= 15 is 0 Å². The van der Waals surface area contributed by atoms with E-state index in [0.29, 0.717) is 12.3 Å². The van der Waals surface area contributed by atoms with Crippen molar-refractivity contribution in [2.75, 3.05) is 7.11 Å². The number of nitrogens with one attached hydrogen (secondary N) is 2. The van der Waals surface area contributed by atoms with Crippen LogP contribution in [0.5, 0.6) is 5.75 Å². The highest BCUT2D eigenvalue weighted by atomic mass is 127. The van der Waals surface area contributed by atoms with E-state index in [1.165, 1.54) is 10.9 Å². The van der Waals surface area contributed by atoms with Crippen LogP contribution in [-0.2, 0) is 6.42 Å². The number of hydrogen-bond acceptors (Lipinski definition) is 3. The van der Waals surface area contributed by atoms with Gasteiger partial charge in [0.05, 0.1) is 24.8 Å². The fourth-order valence-electron chi connectivity index (χ4n) is 3.47. The summed E-state index contributed by atoms with van der Waals surface area (Å²) in [6, 6.07) is 15.9. The summed E-state index contributed by atoms with van der Waals surface area (Å²) in [7, 11) is 1.66. The Labute approximate surface area is 186 Å². The molecule has 0 fully saturated rings. The molecule has 0 aliphatic carbocycles. The van der Waals surface area contributed by atoms with Crippen molar-refractivity contribution in [2.24, 2.45) is 10.7 Å². The molecule has 0 aliphatic heterocycles. The minimum atomic E-state index is -0.201. The largest absolute Gasteiger partial charge is 0.496 e. The number of rotatable bonds is 6. The number of benzene rings is 2. The number of amidine groups is 1. The molecule has 0 amide bonds. The molecular weight excluding hydrogens is 477 g/mol. The van der Waals surface area contributed by atoms with E-state index < -0.39 is 0 Å². The predicted octanol–water partition coefficient (Wildman–Crippen LogP) is 4.85. The van der Waals surface area contributed by atoms with Crippen LogP contribution in [0.15, 0.2) is 65.9 Å². The van der Waals surface area contributed by atoms with Crippen molar-refractivity contribution >= 4 is 40.7 Å². The first kappa shape index (κ1) is 20.9. The summed E-state index contributed by atoms with van der Waals surface area (Å²) in [6.07, 6.45) is 4.54. The van der Waals surface area contributed by atoms with Crippen LogP contribution in [0, 0.1) is 0 Å². The summed E-state index contributed by atoms with van der Waals surface area (Å²) in [6.45, 7) is 1.80. The zero-order valence-corrected chi connectivity index (χ0v) is 18.7. The fourth-order valence-corrected chi connectivity index (χ4v) is 3.47. The number of halogens is 1. The molecule has 2 aromatic heterocycles. The van der Waals surface area contributed by atoms with Crippen LogP contribution < -0.4 is 10.5 Å². The molecule has 1 unspecified atom stereocenters. The third kappa shape index (κ3) is 4.45. The standard InChI is InChI=1S/C22H23N5O.HI/c1-14(23)26-19(11-15-12-24-18-9-5-3-7-16(15)18)22-25-13-20(27-22)17-8-4-6-10-21(17)28-2;/h3-10,12-13,19,24H,11H2,1-2H3,(H2,23,26)(H,25,27);1H. The van der Waals surface area contributed by atoms with Crippen LogP contribution in [-0.4, -0.2) is 27.9 Å². The van der Waals surface area contributed by atoms with Crippen LogP contribution in [0.4, 0.5) is 0 Å². The first-order valence-electron chi connectivity index (χ1n) is 9.19. The van der Waals surface area contributed by atoms with Gasteiger partial charge < -0.3 is 20.4 Å². The topological polar surface area (TPSA) is 92.1 Å². The molecule has 29 heavy (non-hydrogen) atoms. The number of aromatic nitrogens is 3. The Morgan fingerprint density at radius 2 is 1.93 bits per heavy atom. The van der Waals surface area contributed by atoms with E-state index in [9.17, 15) is 0 Å². The number of nitrogens with two attached hydrogens (primary N) is 1. The smallest absolute Gasteiger partial charge is 0.131 e. The Kier molecular flexibility index (Phi) is 6.58. The molecule has 0 aliphatic rings. The summed E-state index contributed by atoms with van der Waals surface area (Å²) in [4.78, 5) is 16.0. The minimum Gasteiger partial charge on any atom is -0.496 e. The molecule has 0 bridgehead atoms. The van der Waals surface area contributed by atoms with Crippen molar-refractivity contribution < 1.29 is 4.74 Å². The molecule has 2 heterocycles. The lowest BCUT2D eigenvalue weighted by atomic mass is 10.0. The van der Waals surface area contributed by atoms with Gasteiger partial charge in [-0.1, -0.05) is 30.3 Å². The lowest BCUT2D eigenvalue weighted by molar-refractivity contribution is 0.416. The summed E-state index contributed by atoms with van der Waals surface area (Å²) >= 11 is 0. The number of imidazole rings is 1. The first-order chi connectivity index (χ1) is 13.7. The Balaban J connectivity index is 0.00000240. The maximum atomic E-state index is 5.92. The molecule has 4 rings (SSSR count). The highest BCUT2D eigenvalue weighted by Gasteiger charge is 2.18. The lowest BCUT2D eigenvalue weighted by Crippen LogP contribution is -2.11. The maximum absolute atomic E-state index is 5.92. The molecule has 0 radical (unpaired) electrons. The second-order valence-corrected chi connectivity index (χ2v) is 6.73. The number of fused-ring (bicyclic) bond motifs is 1. The molecule has 0 saturated carbocycles. The third-order valence-corrected chi connectivity index (χ3v) is 4.76. The van der Waals surface area contributed by atoms with Crippen LogP contribution in [0.3, 0.4) is 0 Å². The minimum absolute atomic E-state index is 0. The lowest BCUT2D eigenvalue weighted by Gasteiger charge is -2.11. The van der Waals surface area contributed by atoms with Gasteiger partial charge in [0.25, 0.3) is 0 Å². The van der Waals surface area contributed by atoms with Crippen molar-refractivity contribution in [1.82, 2.24) is 15.0 Å².